The maximum absolute atomic E-state index is 12.2. The van der Waals surface area contributed by atoms with Gasteiger partial charge in [-0.25, -0.2) is 4.98 Å². The second kappa shape index (κ2) is 5.76. The zero-order valence-electron chi connectivity index (χ0n) is 10.7. The van der Waals surface area contributed by atoms with Gasteiger partial charge in [-0.15, -0.1) is 13.2 Å². The van der Waals surface area contributed by atoms with Crippen LogP contribution in [0.1, 0.15) is 0 Å². The van der Waals surface area contributed by atoms with Gasteiger partial charge in [0.05, 0.1) is 0 Å². The lowest BCUT2D eigenvalue weighted by Crippen LogP contribution is -2.19. The number of aromatic amines is 1. The average Bonchev–Trinajstić information content (AvgIpc) is 2.95. The molecule has 0 atom stereocenters. The zero-order chi connectivity index (χ0) is 15.7. The van der Waals surface area contributed by atoms with Gasteiger partial charge in [0.15, 0.2) is 11.9 Å². The van der Waals surface area contributed by atoms with E-state index in [4.69, 9.17) is 5.84 Å². The van der Waals surface area contributed by atoms with Gasteiger partial charge in [0.1, 0.15) is 5.75 Å². The number of H-pyrrole nitrogens is 1. The van der Waals surface area contributed by atoms with Crippen LogP contribution in [-0.4, -0.2) is 16.4 Å². The molecule has 0 spiro atoms. The van der Waals surface area contributed by atoms with Crippen LogP contribution in [0.25, 0.3) is 16.2 Å². The number of nitrogens with two attached hydrogens (primary N) is 1. The number of hydrogen-bond acceptors (Lipinski definition) is 6. The van der Waals surface area contributed by atoms with Gasteiger partial charge in [-0.1, -0.05) is 21.7 Å². The predicted molar refractivity (Wildman–Crippen MR) is 74.9 cm³/mol. The molecule has 0 fully saturated rings. The first-order chi connectivity index (χ1) is 10.4. The number of imidazole rings is 1. The highest BCUT2D eigenvalue weighted by Crippen LogP contribution is 2.28. The van der Waals surface area contributed by atoms with Crippen molar-refractivity contribution in [1.29, 1.82) is 0 Å². The van der Waals surface area contributed by atoms with Gasteiger partial charge < -0.3 is 4.74 Å². The van der Waals surface area contributed by atoms with E-state index >= 15 is 0 Å². The summed E-state index contributed by atoms with van der Waals surface area (Å²) in [5.41, 5.74) is 1.19. The Kier molecular flexibility index (Phi) is 3.95. The normalized spacial score (nSPS) is 12.0. The second-order valence-electron chi connectivity index (χ2n) is 4.08. The number of halogens is 3. The van der Waals surface area contributed by atoms with Gasteiger partial charge in [0, 0.05) is 17.5 Å². The van der Waals surface area contributed by atoms with Crippen LogP contribution in [0.2, 0.25) is 0 Å². The number of hydrazine groups is 1. The minimum Gasteiger partial charge on any atom is -0.406 e. The Hall–Kier alpha value is -1.82. The molecule has 22 heavy (non-hydrogen) atoms. The van der Waals surface area contributed by atoms with Gasteiger partial charge in [0.25, 0.3) is 0 Å². The fourth-order valence-electron chi connectivity index (χ4n) is 1.82. The standard InChI is InChI=1S/C11H8F3N5OS2/c12-11(13,14)20-7-3-1-2-6(4-7)8-5-19-9(16-8)21-10(17-19)22-18-15/h1-5,18H,15H2/p+1. The highest BCUT2D eigenvalue weighted by Gasteiger charge is 2.31. The quantitative estimate of drug-likeness (QED) is 0.292. The first-order valence-corrected chi connectivity index (χ1v) is 7.48. The summed E-state index contributed by atoms with van der Waals surface area (Å²) in [5.74, 6) is 4.92. The summed E-state index contributed by atoms with van der Waals surface area (Å²) in [6.45, 7) is 0. The number of hydrogen-bond donors (Lipinski definition) is 3. The third-order valence-corrected chi connectivity index (χ3v) is 4.21. The summed E-state index contributed by atoms with van der Waals surface area (Å²) in [6, 6.07) is 5.72. The number of ether oxygens (including phenoxy) is 1. The van der Waals surface area contributed by atoms with E-state index in [1.165, 1.54) is 41.5 Å². The molecule has 6 nitrogen and oxygen atoms in total. The zero-order valence-corrected chi connectivity index (χ0v) is 12.4. The lowest BCUT2D eigenvalue weighted by atomic mass is 10.1. The molecule has 0 saturated heterocycles. The van der Waals surface area contributed by atoms with Gasteiger partial charge in [-0.05, 0) is 23.5 Å². The third kappa shape index (κ3) is 3.32. The van der Waals surface area contributed by atoms with Crippen molar-refractivity contribution in [3.63, 3.8) is 0 Å². The molecule has 1 aromatic carbocycles. The molecular formula is C11H9F3N5OS2+. The number of nitrogens with zero attached hydrogens (tertiary/aromatic N) is 2. The largest absolute Gasteiger partial charge is 0.573 e. The van der Waals surface area contributed by atoms with E-state index in [0.29, 0.717) is 15.6 Å². The fourth-order valence-corrected chi connectivity index (χ4v) is 3.24. The van der Waals surface area contributed by atoms with Crippen molar-refractivity contribution in [2.75, 3.05) is 0 Å². The van der Waals surface area contributed by atoms with Crippen molar-refractivity contribution in [3.05, 3.63) is 30.5 Å². The molecule has 0 amide bonds. The van der Waals surface area contributed by atoms with Crippen molar-refractivity contribution in [1.82, 2.24) is 14.9 Å². The first-order valence-electron chi connectivity index (χ1n) is 5.85. The molecule has 0 bridgehead atoms. The lowest BCUT2D eigenvalue weighted by Gasteiger charge is -2.08. The van der Waals surface area contributed by atoms with Crippen molar-refractivity contribution in [3.8, 4) is 17.0 Å². The van der Waals surface area contributed by atoms with Gasteiger partial charge in [0.2, 0.25) is 4.34 Å². The molecular weight excluding hydrogens is 339 g/mol. The van der Waals surface area contributed by atoms with E-state index in [2.05, 4.69) is 19.7 Å². The highest BCUT2D eigenvalue weighted by molar-refractivity contribution is 7.99. The Morgan fingerprint density at radius 1 is 1.41 bits per heavy atom. The monoisotopic (exact) mass is 348 g/mol. The minimum atomic E-state index is -4.72. The second-order valence-corrected chi connectivity index (χ2v) is 6.14. The number of rotatable bonds is 4. The summed E-state index contributed by atoms with van der Waals surface area (Å²) >= 11 is 2.52. The van der Waals surface area contributed by atoms with Crippen LogP contribution in [0.4, 0.5) is 13.2 Å². The van der Waals surface area contributed by atoms with Crippen molar-refractivity contribution < 1.29 is 22.4 Å². The molecule has 11 heteroatoms. The molecule has 0 radical (unpaired) electrons. The molecule has 0 saturated carbocycles. The maximum Gasteiger partial charge on any atom is 0.573 e. The van der Waals surface area contributed by atoms with Crippen LogP contribution in [0.15, 0.2) is 34.8 Å². The summed E-state index contributed by atoms with van der Waals surface area (Å²) in [4.78, 5) is 6.24. The summed E-state index contributed by atoms with van der Waals surface area (Å²) in [7, 11) is 0. The third-order valence-electron chi connectivity index (χ3n) is 2.60. The number of alkyl halides is 3. The van der Waals surface area contributed by atoms with Gasteiger partial charge in [-0.2, -0.15) is 4.83 Å². The molecule has 0 aliphatic heterocycles. The van der Waals surface area contributed by atoms with Gasteiger partial charge >= 0.3 is 11.3 Å². The fraction of sp³-hybridized carbons (Fsp3) is 0.0909. The number of aromatic nitrogens is 3. The number of fused-ring (bicyclic) bond motifs is 1. The smallest absolute Gasteiger partial charge is 0.406 e. The van der Waals surface area contributed by atoms with Gasteiger partial charge in [-0.3, -0.25) is 5.84 Å². The Balaban J connectivity index is 1.90. The van der Waals surface area contributed by atoms with Crippen molar-refractivity contribution >= 4 is 28.2 Å². The average molecular weight is 348 g/mol. The van der Waals surface area contributed by atoms with Crippen LogP contribution in [0.3, 0.4) is 0 Å². The molecule has 0 aliphatic carbocycles. The first kappa shape index (κ1) is 15.1. The Morgan fingerprint density at radius 2 is 2.23 bits per heavy atom. The SMILES string of the molecule is NNSc1n[n+]2cc(-c3cccc(OC(F)(F)F)c3)[nH]c2s1. The lowest BCUT2D eigenvalue weighted by molar-refractivity contribution is -0.577. The molecule has 2 aromatic heterocycles. The molecule has 3 aromatic rings. The number of benzene rings is 1. The molecule has 116 valence electrons. The van der Waals surface area contributed by atoms with Crippen LogP contribution < -0.4 is 19.9 Å². The van der Waals surface area contributed by atoms with E-state index in [1.807, 2.05) is 0 Å². The molecule has 2 heterocycles. The van der Waals surface area contributed by atoms with E-state index < -0.39 is 6.36 Å². The number of nitrogens with one attached hydrogen (secondary N) is 2. The Morgan fingerprint density at radius 3 is 2.91 bits per heavy atom. The van der Waals surface area contributed by atoms with Crippen LogP contribution >= 0.6 is 23.3 Å². The van der Waals surface area contributed by atoms with Crippen LogP contribution in [0.5, 0.6) is 5.75 Å². The summed E-state index contributed by atoms with van der Waals surface area (Å²) < 4.78 is 43.0. The van der Waals surface area contributed by atoms with E-state index in [1.54, 1.807) is 16.8 Å². The molecule has 0 unspecified atom stereocenters. The van der Waals surface area contributed by atoms with Crippen molar-refractivity contribution in [2.24, 2.45) is 5.84 Å². The molecule has 0 aliphatic rings. The van der Waals surface area contributed by atoms with E-state index in [-0.39, 0.29) is 5.75 Å². The van der Waals surface area contributed by atoms with E-state index in [9.17, 15) is 13.2 Å². The Labute approximate surface area is 130 Å². The van der Waals surface area contributed by atoms with Crippen LogP contribution in [-0.2, 0) is 0 Å². The Bertz CT molecular complexity index is 769. The summed E-state index contributed by atoms with van der Waals surface area (Å²) in [6.07, 6.45) is -3.04. The topological polar surface area (TPSA) is 80.1 Å². The minimum absolute atomic E-state index is 0.274. The van der Waals surface area contributed by atoms with Crippen molar-refractivity contribution in [2.45, 2.75) is 10.7 Å². The maximum atomic E-state index is 12.2. The van der Waals surface area contributed by atoms with Crippen LogP contribution in [0, 0.1) is 0 Å². The predicted octanol–water partition coefficient (Wildman–Crippen LogP) is 2.25. The molecule has 4 N–H and O–H groups in total. The van der Waals surface area contributed by atoms with E-state index in [0.717, 1.165) is 4.96 Å². The summed E-state index contributed by atoms with van der Waals surface area (Å²) in [5, 5.41) is 4.24. The molecule has 3 rings (SSSR count). The highest BCUT2D eigenvalue weighted by atomic mass is 32.2.